The average molecular weight is 482 g/mol. The summed E-state index contributed by atoms with van der Waals surface area (Å²) in [5, 5.41) is 13.8. The molecule has 2 aromatic heterocycles. The number of aromatic nitrogens is 3. The lowest BCUT2D eigenvalue weighted by atomic mass is 10.0. The quantitative estimate of drug-likeness (QED) is 0.357. The van der Waals surface area contributed by atoms with E-state index in [0.717, 1.165) is 34.5 Å². The molecule has 2 aromatic carbocycles. The van der Waals surface area contributed by atoms with Crippen LogP contribution in [0.5, 0.6) is 5.75 Å². The predicted octanol–water partition coefficient (Wildman–Crippen LogP) is 4.59. The van der Waals surface area contributed by atoms with Crippen LogP contribution in [0.3, 0.4) is 0 Å². The maximum atomic E-state index is 12.1. The highest BCUT2D eigenvalue weighted by molar-refractivity contribution is 5.94. The molecule has 0 bridgehead atoms. The van der Waals surface area contributed by atoms with Gasteiger partial charge in [0.1, 0.15) is 18.4 Å². The van der Waals surface area contributed by atoms with Crippen molar-refractivity contribution in [3.8, 4) is 34.1 Å². The number of fused-ring (bicyclic) bond motifs is 1. The van der Waals surface area contributed by atoms with E-state index in [4.69, 9.17) is 9.47 Å². The van der Waals surface area contributed by atoms with Crippen LogP contribution < -0.4 is 4.74 Å². The monoisotopic (exact) mass is 481 g/mol. The van der Waals surface area contributed by atoms with E-state index in [9.17, 15) is 10.1 Å². The zero-order chi connectivity index (χ0) is 24.9. The van der Waals surface area contributed by atoms with Crippen molar-refractivity contribution >= 4 is 11.6 Å². The van der Waals surface area contributed by atoms with Crippen molar-refractivity contribution in [2.45, 2.75) is 19.3 Å². The molecule has 182 valence electrons. The molecule has 0 saturated carbocycles. The van der Waals surface area contributed by atoms with Gasteiger partial charge in [-0.1, -0.05) is 24.6 Å². The van der Waals surface area contributed by atoms with E-state index >= 15 is 0 Å². The summed E-state index contributed by atoms with van der Waals surface area (Å²) in [6.07, 6.45) is 9.33. The van der Waals surface area contributed by atoms with Gasteiger partial charge in [-0.15, -0.1) is 0 Å². The van der Waals surface area contributed by atoms with E-state index in [1.54, 1.807) is 35.1 Å². The highest BCUT2D eigenvalue weighted by atomic mass is 16.5. The first-order chi connectivity index (χ1) is 17.7. The summed E-state index contributed by atoms with van der Waals surface area (Å²) in [4.78, 5) is 19.2. The second-order valence-corrected chi connectivity index (χ2v) is 8.81. The third-order valence-electron chi connectivity index (χ3n) is 6.53. The Hall–Kier alpha value is -4.22. The fraction of sp³-hybridized carbons (Fsp3) is 0.286. The molecule has 1 aliphatic rings. The summed E-state index contributed by atoms with van der Waals surface area (Å²) < 4.78 is 12.5. The predicted molar refractivity (Wildman–Crippen MR) is 136 cm³/mol. The molecule has 4 aromatic rings. The molecule has 1 saturated heterocycles. The van der Waals surface area contributed by atoms with E-state index < -0.39 is 5.97 Å². The summed E-state index contributed by atoms with van der Waals surface area (Å²) >= 11 is 0. The molecule has 8 nitrogen and oxygen atoms in total. The molecule has 0 amide bonds. The third kappa shape index (κ3) is 4.92. The minimum Gasteiger partial charge on any atom is -0.492 e. The summed E-state index contributed by atoms with van der Waals surface area (Å²) in [6.45, 7) is 4.00. The van der Waals surface area contributed by atoms with Crippen LogP contribution in [0.1, 0.15) is 35.2 Å². The Kier molecular flexibility index (Phi) is 6.92. The maximum Gasteiger partial charge on any atom is 0.339 e. The first kappa shape index (κ1) is 23.5. The molecule has 0 unspecified atom stereocenters. The number of piperidine rings is 1. The number of nitrogens with zero attached hydrogens (tertiary/aromatic N) is 5. The van der Waals surface area contributed by atoms with Crippen LogP contribution in [0.25, 0.3) is 27.9 Å². The fourth-order valence-corrected chi connectivity index (χ4v) is 4.53. The highest BCUT2D eigenvalue weighted by Gasteiger charge is 2.16. The second kappa shape index (κ2) is 10.6. The van der Waals surface area contributed by atoms with Gasteiger partial charge in [0.2, 0.25) is 0 Å². The van der Waals surface area contributed by atoms with Gasteiger partial charge < -0.3 is 9.47 Å². The summed E-state index contributed by atoms with van der Waals surface area (Å²) in [6, 6.07) is 15.1. The molecule has 0 aliphatic carbocycles. The molecule has 0 radical (unpaired) electrons. The summed E-state index contributed by atoms with van der Waals surface area (Å²) in [5.41, 5.74) is 4.55. The fourth-order valence-electron chi connectivity index (χ4n) is 4.53. The van der Waals surface area contributed by atoms with Gasteiger partial charge in [-0.25, -0.2) is 14.3 Å². The van der Waals surface area contributed by atoms with Crippen LogP contribution in [-0.2, 0) is 4.74 Å². The van der Waals surface area contributed by atoms with Gasteiger partial charge in [-0.3, -0.25) is 4.90 Å². The lowest BCUT2D eigenvalue weighted by molar-refractivity contribution is 0.0600. The Labute approximate surface area is 209 Å². The van der Waals surface area contributed by atoms with Crippen LogP contribution in [0.2, 0.25) is 0 Å². The number of nitriles is 1. The van der Waals surface area contributed by atoms with Crippen molar-refractivity contribution in [3.63, 3.8) is 0 Å². The first-order valence-electron chi connectivity index (χ1n) is 12.1. The van der Waals surface area contributed by atoms with Crippen molar-refractivity contribution in [1.82, 2.24) is 19.5 Å². The number of carbonyl (C=O) groups is 1. The van der Waals surface area contributed by atoms with Crippen LogP contribution in [0.4, 0.5) is 0 Å². The van der Waals surface area contributed by atoms with E-state index in [1.807, 2.05) is 36.5 Å². The Morgan fingerprint density at radius 3 is 2.56 bits per heavy atom. The van der Waals surface area contributed by atoms with E-state index in [1.165, 1.54) is 39.5 Å². The maximum absolute atomic E-state index is 12.1. The summed E-state index contributed by atoms with van der Waals surface area (Å²) in [7, 11) is 1.29. The average Bonchev–Trinajstić information content (AvgIpc) is 3.36. The Balaban J connectivity index is 1.32. The number of hydrogen-bond donors (Lipinski definition) is 0. The largest absolute Gasteiger partial charge is 0.492 e. The van der Waals surface area contributed by atoms with Crippen molar-refractivity contribution in [1.29, 1.82) is 5.26 Å². The molecule has 0 N–H and O–H groups in total. The molecule has 1 aliphatic heterocycles. The zero-order valence-electron chi connectivity index (χ0n) is 20.2. The smallest absolute Gasteiger partial charge is 0.339 e. The van der Waals surface area contributed by atoms with Crippen molar-refractivity contribution in [2.24, 2.45) is 0 Å². The normalized spacial score (nSPS) is 13.9. The highest BCUT2D eigenvalue weighted by Crippen LogP contribution is 2.28. The Morgan fingerprint density at radius 2 is 1.81 bits per heavy atom. The Bertz CT molecular complexity index is 1420. The number of hydrogen-bond acceptors (Lipinski definition) is 7. The number of esters is 1. The number of likely N-dealkylation sites (tertiary alicyclic amines) is 1. The SMILES string of the molecule is COC(=O)c1cc(-c2cnn3cc(-c4ccc(OCCN5CCCCC5)cc4)cnc23)ccc1C#N. The van der Waals surface area contributed by atoms with Gasteiger partial charge in [-0.2, -0.15) is 10.4 Å². The van der Waals surface area contributed by atoms with Gasteiger partial charge in [-0.05, 0) is 61.3 Å². The van der Waals surface area contributed by atoms with Crippen molar-refractivity contribution in [2.75, 3.05) is 33.4 Å². The van der Waals surface area contributed by atoms with Crippen molar-refractivity contribution in [3.05, 3.63) is 72.2 Å². The molecule has 3 heterocycles. The zero-order valence-corrected chi connectivity index (χ0v) is 20.2. The van der Waals surface area contributed by atoms with E-state index in [-0.39, 0.29) is 11.1 Å². The lowest BCUT2D eigenvalue weighted by Gasteiger charge is -2.26. The van der Waals surface area contributed by atoms with E-state index in [0.29, 0.717) is 12.3 Å². The topological polar surface area (TPSA) is 92.8 Å². The number of carbonyl (C=O) groups excluding carboxylic acids is 1. The van der Waals surface area contributed by atoms with Gasteiger partial charge in [0.15, 0.2) is 5.65 Å². The van der Waals surface area contributed by atoms with Gasteiger partial charge in [0.05, 0.1) is 24.4 Å². The minimum absolute atomic E-state index is 0.215. The van der Waals surface area contributed by atoms with Gasteiger partial charge in [0, 0.05) is 30.1 Å². The first-order valence-corrected chi connectivity index (χ1v) is 12.1. The molecular formula is C28H27N5O3. The van der Waals surface area contributed by atoms with Crippen LogP contribution >= 0.6 is 0 Å². The third-order valence-corrected chi connectivity index (χ3v) is 6.53. The Morgan fingerprint density at radius 1 is 1.03 bits per heavy atom. The molecular weight excluding hydrogens is 454 g/mol. The van der Waals surface area contributed by atoms with Crippen LogP contribution in [-0.4, -0.2) is 58.8 Å². The number of rotatable bonds is 7. The lowest BCUT2D eigenvalue weighted by Crippen LogP contribution is -2.33. The summed E-state index contributed by atoms with van der Waals surface area (Å²) in [5.74, 6) is 0.299. The number of methoxy groups -OCH3 is 1. The van der Waals surface area contributed by atoms with Crippen LogP contribution in [0.15, 0.2) is 61.1 Å². The molecule has 8 heteroatoms. The standard InChI is InChI=1S/C28H27N5O3/c1-35-28(34)25-15-21(5-6-22(25)16-29)26-18-31-33-19-23(17-30-27(26)33)20-7-9-24(10-8-20)36-14-13-32-11-3-2-4-12-32/h5-10,15,17-19H,2-4,11-14H2,1H3. The van der Waals surface area contributed by atoms with Gasteiger partial charge in [0.25, 0.3) is 0 Å². The number of benzene rings is 2. The molecule has 36 heavy (non-hydrogen) atoms. The molecule has 0 atom stereocenters. The van der Waals surface area contributed by atoms with E-state index in [2.05, 4.69) is 15.0 Å². The minimum atomic E-state index is -0.556. The molecule has 1 fully saturated rings. The second-order valence-electron chi connectivity index (χ2n) is 8.81. The number of ether oxygens (including phenoxy) is 2. The van der Waals surface area contributed by atoms with Gasteiger partial charge >= 0.3 is 5.97 Å². The molecule has 5 rings (SSSR count). The van der Waals surface area contributed by atoms with Crippen LogP contribution in [0, 0.1) is 11.3 Å². The van der Waals surface area contributed by atoms with Crippen molar-refractivity contribution < 1.29 is 14.3 Å². The molecule has 0 spiro atoms.